The van der Waals surface area contributed by atoms with Gasteiger partial charge in [0.15, 0.2) is 5.41 Å². The standard InChI is InChI=1S/C12H14O4/c1-5-7-9-12(8-6-2,10(13)15-3)11(14)16-4/h2H,8-9H2,1,3-4H3. The second kappa shape index (κ2) is 6.53. The zero-order valence-electron chi connectivity index (χ0n) is 9.62. The van der Waals surface area contributed by atoms with Crippen molar-refractivity contribution in [2.24, 2.45) is 5.41 Å². The van der Waals surface area contributed by atoms with Crippen molar-refractivity contribution in [1.82, 2.24) is 0 Å². The molecule has 0 heterocycles. The van der Waals surface area contributed by atoms with Gasteiger partial charge in [0.25, 0.3) is 0 Å². The average molecular weight is 222 g/mol. The lowest BCUT2D eigenvalue weighted by Crippen LogP contribution is -2.40. The minimum atomic E-state index is -1.51. The molecule has 0 aliphatic carbocycles. The molecule has 0 unspecified atom stereocenters. The third-order valence-corrected chi connectivity index (χ3v) is 2.12. The molecule has 0 spiro atoms. The fraction of sp³-hybridized carbons (Fsp3) is 0.500. The van der Waals surface area contributed by atoms with Crippen molar-refractivity contribution in [2.45, 2.75) is 19.8 Å². The van der Waals surface area contributed by atoms with E-state index in [-0.39, 0.29) is 12.8 Å². The molecular weight excluding hydrogens is 208 g/mol. The first-order valence-corrected chi connectivity index (χ1v) is 4.59. The highest BCUT2D eigenvalue weighted by Crippen LogP contribution is 2.29. The molecule has 0 aliphatic rings. The monoisotopic (exact) mass is 222 g/mol. The number of hydrogen-bond donors (Lipinski definition) is 0. The highest BCUT2D eigenvalue weighted by molar-refractivity contribution is 6.00. The van der Waals surface area contributed by atoms with Crippen molar-refractivity contribution in [1.29, 1.82) is 0 Å². The Bertz CT molecular complexity index is 349. The van der Waals surface area contributed by atoms with Crippen LogP contribution >= 0.6 is 0 Å². The third-order valence-electron chi connectivity index (χ3n) is 2.12. The number of terminal acetylenes is 1. The summed E-state index contributed by atoms with van der Waals surface area (Å²) in [6.07, 6.45) is 5.05. The summed E-state index contributed by atoms with van der Waals surface area (Å²) < 4.78 is 9.17. The molecule has 0 saturated heterocycles. The topological polar surface area (TPSA) is 52.6 Å². The summed E-state index contributed by atoms with van der Waals surface area (Å²) in [5.41, 5.74) is -1.51. The Morgan fingerprint density at radius 2 is 1.69 bits per heavy atom. The maximum atomic E-state index is 11.6. The van der Waals surface area contributed by atoms with E-state index in [1.807, 2.05) is 0 Å². The molecule has 0 saturated carbocycles. The van der Waals surface area contributed by atoms with Crippen LogP contribution in [-0.4, -0.2) is 26.2 Å². The van der Waals surface area contributed by atoms with Crippen LogP contribution in [0, 0.1) is 29.6 Å². The summed E-state index contributed by atoms with van der Waals surface area (Å²) in [6, 6.07) is 0. The van der Waals surface area contributed by atoms with Gasteiger partial charge in [0.1, 0.15) is 0 Å². The lowest BCUT2D eigenvalue weighted by molar-refractivity contribution is -0.168. The Balaban J connectivity index is 5.35. The number of hydrogen-bond acceptors (Lipinski definition) is 4. The fourth-order valence-electron chi connectivity index (χ4n) is 1.24. The molecule has 0 aliphatic heterocycles. The van der Waals surface area contributed by atoms with Gasteiger partial charge < -0.3 is 9.47 Å². The number of esters is 2. The van der Waals surface area contributed by atoms with Gasteiger partial charge >= 0.3 is 11.9 Å². The molecular formula is C12H14O4. The van der Waals surface area contributed by atoms with Gasteiger partial charge in [0, 0.05) is 12.8 Å². The predicted octanol–water partition coefficient (Wildman–Crippen LogP) is 0.755. The Morgan fingerprint density at radius 1 is 1.19 bits per heavy atom. The second-order valence-electron chi connectivity index (χ2n) is 3.05. The van der Waals surface area contributed by atoms with Crippen LogP contribution in [-0.2, 0) is 19.1 Å². The largest absolute Gasteiger partial charge is 0.468 e. The van der Waals surface area contributed by atoms with Gasteiger partial charge in [-0.3, -0.25) is 9.59 Å². The first-order valence-electron chi connectivity index (χ1n) is 4.59. The molecule has 0 N–H and O–H groups in total. The first-order chi connectivity index (χ1) is 7.58. The normalized spacial score (nSPS) is 9.38. The van der Waals surface area contributed by atoms with Crippen LogP contribution in [0.25, 0.3) is 0 Å². The van der Waals surface area contributed by atoms with Crippen LogP contribution in [0.4, 0.5) is 0 Å². The molecule has 0 atom stereocenters. The van der Waals surface area contributed by atoms with E-state index in [0.717, 1.165) is 0 Å². The summed E-state index contributed by atoms with van der Waals surface area (Å²) in [7, 11) is 2.38. The Morgan fingerprint density at radius 3 is 2.00 bits per heavy atom. The van der Waals surface area contributed by atoms with E-state index in [1.165, 1.54) is 14.2 Å². The van der Waals surface area contributed by atoms with Crippen LogP contribution in [0.3, 0.4) is 0 Å². The van der Waals surface area contributed by atoms with E-state index in [1.54, 1.807) is 6.92 Å². The lowest BCUT2D eigenvalue weighted by Gasteiger charge is -2.23. The number of carbonyl (C=O) groups is 2. The molecule has 16 heavy (non-hydrogen) atoms. The average Bonchev–Trinajstić information content (AvgIpc) is 2.32. The SMILES string of the molecule is C#CCC(CC#CC)(C(=O)OC)C(=O)OC. The van der Waals surface area contributed by atoms with E-state index in [9.17, 15) is 9.59 Å². The fourth-order valence-corrected chi connectivity index (χ4v) is 1.24. The maximum absolute atomic E-state index is 11.6. The van der Waals surface area contributed by atoms with E-state index < -0.39 is 17.4 Å². The second-order valence-corrected chi connectivity index (χ2v) is 3.05. The van der Waals surface area contributed by atoms with Crippen LogP contribution in [0.1, 0.15) is 19.8 Å². The van der Waals surface area contributed by atoms with Crippen LogP contribution in [0.5, 0.6) is 0 Å². The van der Waals surface area contributed by atoms with Gasteiger partial charge in [-0.15, -0.1) is 24.2 Å². The van der Waals surface area contributed by atoms with Crippen molar-refractivity contribution >= 4 is 11.9 Å². The van der Waals surface area contributed by atoms with Gasteiger partial charge in [-0.2, -0.15) is 0 Å². The quantitative estimate of drug-likeness (QED) is 0.400. The summed E-state index contributed by atoms with van der Waals surface area (Å²) in [5.74, 6) is 6.10. The van der Waals surface area contributed by atoms with Gasteiger partial charge in [-0.1, -0.05) is 0 Å². The molecule has 0 fully saturated rings. The van der Waals surface area contributed by atoms with E-state index in [2.05, 4.69) is 27.2 Å². The third kappa shape index (κ3) is 2.77. The number of methoxy groups -OCH3 is 2. The lowest BCUT2D eigenvalue weighted by atomic mass is 9.81. The van der Waals surface area contributed by atoms with E-state index in [4.69, 9.17) is 6.42 Å². The van der Waals surface area contributed by atoms with E-state index in [0.29, 0.717) is 0 Å². The van der Waals surface area contributed by atoms with Gasteiger partial charge in [0.05, 0.1) is 14.2 Å². The maximum Gasteiger partial charge on any atom is 0.325 e. The van der Waals surface area contributed by atoms with Crippen molar-refractivity contribution in [3.8, 4) is 24.2 Å². The van der Waals surface area contributed by atoms with Crippen molar-refractivity contribution in [3.05, 3.63) is 0 Å². The van der Waals surface area contributed by atoms with Gasteiger partial charge in [0.2, 0.25) is 0 Å². The summed E-state index contributed by atoms with van der Waals surface area (Å²) in [4.78, 5) is 23.3. The Labute approximate surface area is 95.3 Å². The number of carbonyl (C=O) groups excluding carboxylic acids is 2. The molecule has 86 valence electrons. The van der Waals surface area contributed by atoms with Gasteiger partial charge in [-0.25, -0.2) is 0 Å². The molecule has 4 heteroatoms. The zero-order chi connectivity index (χ0) is 12.6. The Kier molecular flexibility index (Phi) is 5.74. The molecule has 0 aromatic rings. The molecule has 0 bridgehead atoms. The van der Waals surface area contributed by atoms with Crippen molar-refractivity contribution in [2.75, 3.05) is 14.2 Å². The number of ether oxygens (including phenoxy) is 2. The molecule has 0 aromatic heterocycles. The molecule has 0 aromatic carbocycles. The van der Waals surface area contributed by atoms with Gasteiger partial charge in [-0.05, 0) is 6.92 Å². The Hall–Kier alpha value is -1.94. The van der Waals surface area contributed by atoms with E-state index >= 15 is 0 Å². The molecule has 4 nitrogen and oxygen atoms in total. The first kappa shape index (κ1) is 14.1. The van der Waals surface area contributed by atoms with Crippen molar-refractivity contribution in [3.63, 3.8) is 0 Å². The van der Waals surface area contributed by atoms with Crippen LogP contribution in [0.15, 0.2) is 0 Å². The molecule has 0 amide bonds. The number of rotatable bonds is 4. The predicted molar refractivity (Wildman–Crippen MR) is 58.0 cm³/mol. The minimum Gasteiger partial charge on any atom is -0.468 e. The minimum absolute atomic E-state index is 0.00690. The molecule has 0 radical (unpaired) electrons. The highest BCUT2D eigenvalue weighted by Gasteiger charge is 2.47. The zero-order valence-corrected chi connectivity index (χ0v) is 9.62. The van der Waals surface area contributed by atoms with Crippen LogP contribution < -0.4 is 0 Å². The van der Waals surface area contributed by atoms with Crippen molar-refractivity contribution < 1.29 is 19.1 Å². The van der Waals surface area contributed by atoms with Crippen LogP contribution in [0.2, 0.25) is 0 Å². The summed E-state index contributed by atoms with van der Waals surface area (Å²) in [5, 5.41) is 0. The molecule has 0 rings (SSSR count). The summed E-state index contributed by atoms with van der Waals surface area (Å²) in [6.45, 7) is 1.61. The smallest absolute Gasteiger partial charge is 0.325 e. The highest BCUT2D eigenvalue weighted by atomic mass is 16.5. The summed E-state index contributed by atoms with van der Waals surface area (Å²) >= 11 is 0.